The monoisotopic (exact) mass is 448 g/mol. The van der Waals surface area contributed by atoms with Crippen molar-refractivity contribution in [2.75, 3.05) is 18.4 Å². The Kier molecular flexibility index (Phi) is 8.15. The minimum Gasteiger partial charge on any atom is -0.473 e. The van der Waals surface area contributed by atoms with Crippen LogP contribution in [0.1, 0.15) is 11.1 Å². The summed E-state index contributed by atoms with van der Waals surface area (Å²) < 4.78 is 5.92. The van der Waals surface area contributed by atoms with Crippen LogP contribution in [0.2, 0.25) is 0 Å². The van der Waals surface area contributed by atoms with Crippen molar-refractivity contribution in [2.45, 2.75) is 13.0 Å². The van der Waals surface area contributed by atoms with E-state index in [1.54, 1.807) is 0 Å². The minimum atomic E-state index is -1.82. The smallest absolute Gasteiger partial charge is 0.414 e. The van der Waals surface area contributed by atoms with Gasteiger partial charge in [0.05, 0.1) is 12.2 Å². The van der Waals surface area contributed by atoms with E-state index < -0.39 is 11.9 Å². The fourth-order valence-electron chi connectivity index (χ4n) is 3.36. The predicted octanol–water partition coefficient (Wildman–Crippen LogP) is 3.63. The van der Waals surface area contributed by atoms with Gasteiger partial charge in [0.25, 0.3) is 0 Å². The number of rotatable bonds is 5. The molecule has 1 amide bonds. The van der Waals surface area contributed by atoms with Gasteiger partial charge in [0, 0.05) is 13.1 Å². The lowest BCUT2D eigenvalue weighted by Gasteiger charge is -2.28. The number of fused-ring (bicyclic) bond motifs is 1. The number of nitrogens with zero attached hydrogens (tertiary/aromatic N) is 1. The Morgan fingerprint density at radius 3 is 2.12 bits per heavy atom. The number of ether oxygens (including phenoxy) is 1. The Balaban J connectivity index is 0.000000454. The quantitative estimate of drug-likeness (QED) is 0.511. The van der Waals surface area contributed by atoms with Gasteiger partial charge >= 0.3 is 11.9 Å². The SMILES string of the molecule is O=C(CN1CCc2ccccc2C1)Nc1ccccc1Oc1ccccc1.O=C(O)C(=O)O. The van der Waals surface area contributed by atoms with Gasteiger partial charge in [-0.3, -0.25) is 9.69 Å². The number of aliphatic carboxylic acids is 2. The molecule has 8 nitrogen and oxygen atoms in total. The first kappa shape index (κ1) is 23.5. The first-order valence-corrected chi connectivity index (χ1v) is 10.3. The van der Waals surface area contributed by atoms with Gasteiger partial charge in [-0.15, -0.1) is 0 Å². The zero-order valence-electron chi connectivity index (χ0n) is 17.8. The molecule has 0 atom stereocenters. The van der Waals surface area contributed by atoms with E-state index in [1.165, 1.54) is 11.1 Å². The van der Waals surface area contributed by atoms with Crippen LogP contribution >= 0.6 is 0 Å². The minimum absolute atomic E-state index is 0.0292. The molecule has 3 aromatic carbocycles. The van der Waals surface area contributed by atoms with Crippen LogP contribution in [0.15, 0.2) is 78.9 Å². The van der Waals surface area contributed by atoms with Gasteiger partial charge in [0.2, 0.25) is 5.91 Å². The van der Waals surface area contributed by atoms with E-state index in [2.05, 4.69) is 34.5 Å². The van der Waals surface area contributed by atoms with Crippen LogP contribution in [0.5, 0.6) is 11.5 Å². The molecule has 3 N–H and O–H groups in total. The van der Waals surface area contributed by atoms with Gasteiger partial charge in [-0.25, -0.2) is 9.59 Å². The second kappa shape index (κ2) is 11.4. The molecule has 170 valence electrons. The number of anilines is 1. The summed E-state index contributed by atoms with van der Waals surface area (Å²) in [5.41, 5.74) is 3.38. The fraction of sp³-hybridized carbons (Fsp3) is 0.160. The van der Waals surface area contributed by atoms with Gasteiger partial charge in [-0.2, -0.15) is 0 Å². The maximum atomic E-state index is 12.6. The molecular formula is C25H24N2O6. The summed E-state index contributed by atoms with van der Waals surface area (Å²) >= 11 is 0. The second-order valence-corrected chi connectivity index (χ2v) is 7.30. The van der Waals surface area contributed by atoms with E-state index in [4.69, 9.17) is 24.5 Å². The molecule has 0 aliphatic carbocycles. The Morgan fingerprint density at radius 1 is 0.818 bits per heavy atom. The lowest BCUT2D eigenvalue weighted by Crippen LogP contribution is -2.37. The third-order valence-electron chi connectivity index (χ3n) is 4.89. The third-order valence-corrected chi connectivity index (χ3v) is 4.89. The van der Waals surface area contributed by atoms with E-state index >= 15 is 0 Å². The predicted molar refractivity (Wildman–Crippen MR) is 122 cm³/mol. The van der Waals surface area contributed by atoms with Crippen molar-refractivity contribution in [1.82, 2.24) is 4.90 Å². The number of benzene rings is 3. The average Bonchev–Trinajstić information content (AvgIpc) is 2.81. The van der Waals surface area contributed by atoms with Crippen molar-refractivity contribution in [3.8, 4) is 11.5 Å². The highest BCUT2D eigenvalue weighted by atomic mass is 16.5. The number of para-hydroxylation sites is 3. The van der Waals surface area contributed by atoms with Crippen LogP contribution in [0.4, 0.5) is 5.69 Å². The number of hydrogen-bond acceptors (Lipinski definition) is 5. The summed E-state index contributed by atoms with van der Waals surface area (Å²) in [4.78, 5) is 33.0. The molecule has 1 heterocycles. The molecular weight excluding hydrogens is 424 g/mol. The summed E-state index contributed by atoms with van der Waals surface area (Å²) in [7, 11) is 0. The Labute approximate surface area is 191 Å². The van der Waals surface area contributed by atoms with Crippen LogP contribution in [0.25, 0.3) is 0 Å². The highest BCUT2D eigenvalue weighted by Gasteiger charge is 2.18. The van der Waals surface area contributed by atoms with Crippen molar-refractivity contribution in [2.24, 2.45) is 0 Å². The van der Waals surface area contributed by atoms with E-state index in [1.807, 2.05) is 54.6 Å². The summed E-state index contributed by atoms with van der Waals surface area (Å²) in [6.07, 6.45) is 0.983. The number of carboxylic acid groups (broad SMARTS) is 2. The Bertz CT molecular complexity index is 1100. The van der Waals surface area contributed by atoms with Crippen molar-refractivity contribution >= 4 is 23.5 Å². The van der Waals surface area contributed by atoms with Gasteiger partial charge in [-0.1, -0.05) is 54.6 Å². The largest absolute Gasteiger partial charge is 0.473 e. The van der Waals surface area contributed by atoms with Gasteiger partial charge in [0.15, 0.2) is 5.75 Å². The molecule has 0 spiro atoms. The van der Waals surface area contributed by atoms with E-state index in [-0.39, 0.29) is 5.91 Å². The number of carbonyl (C=O) groups is 3. The standard InChI is InChI=1S/C23H22N2O2.C2H2O4/c26-23(17-25-15-14-18-8-4-5-9-19(18)16-25)24-21-12-6-7-13-22(21)27-20-10-2-1-3-11-20;3-1(4)2(5)6/h1-13H,14-17H2,(H,24,26);(H,3,4)(H,5,6). The fourth-order valence-corrected chi connectivity index (χ4v) is 3.36. The summed E-state index contributed by atoms with van der Waals surface area (Å²) in [6, 6.07) is 25.5. The molecule has 0 aromatic heterocycles. The van der Waals surface area contributed by atoms with Gasteiger partial charge < -0.3 is 20.3 Å². The molecule has 1 aliphatic rings. The van der Waals surface area contributed by atoms with Gasteiger partial charge in [-0.05, 0) is 41.8 Å². The van der Waals surface area contributed by atoms with Crippen molar-refractivity contribution < 1.29 is 29.3 Å². The topological polar surface area (TPSA) is 116 Å². The van der Waals surface area contributed by atoms with Crippen LogP contribution in [0, 0.1) is 0 Å². The Morgan fingerprint density at radius 2 is 1.42 bits per heavy atom. The molecule has 8 heteroatoms. The molecule has 0 unspecified atom stereocenters. The van der Waals surface area contributed by atoms with Crippen LogP contribution < -0.4 is 10.1 Å². The Hall–Kier alpha value is -4.17. The van der Waals surface area contributed by atoms with Crippen LogP contribution in [-0.4, -0.2) is 46.0 Å². The zero-order chi connectivity index (χ0) is 23.6. The van der Waals surface area contributed by atoms with Crippen LogP contribution in [-0.2, 0) is 27.3 Å². The average molecular weight is 448 g/mol. The molecule has 0 fully saturated rings. The third kappa shape index (κ3) is 7.19. The molecule has 1 aliphatic heterocycles. The summed E-state index contributed by atoms with van der Waals surface area (Å²) in [5, 5.41) is 17.8. The van der Waals surface area contributed by atoms with Crippen molar-refractivity contribution in [3.63, 3.8) is 0 Å². The highest BCUT2D eigenvalue weighted by molar-refractivity contribution is 6.27. The lowest BCUT2D eigenvalue weighted by atomic mass is 10.00. The van der Waals surface area contributed by atoms with Crippen molar-refractivity contribution in [3.05, 3.63) is 90.0 Å². The maximum absolute atomic E-state index is 12.6. The maximum Gasteiger partial charge on any atom is 0.414 e. The molecule has 4 rings (SSSR count). The second-order valence-electron chi connectivity index (χ2n) is 7.30. The summed E-state index contributed by atoms with van der Waals surface area (Å²) in [6.45, 7) is 2.08. The van der Waals surface area contributed by atoms with E-state index in [0.717, 1.165) is 25.3 Å². The molecule has 33 heavy (non-hydrogen) atoms. The molecule has 3 aromatic rings. The van der Waals surface area contributed by atoms with Crippen molar-refractivity contribution in [1.29, 1.82) is 0 Å². The first-order valence-electron chi connectivity index (χ1n) is 10.3. The number of carboxylic acids is 2. The summed E-state index contributed by atoms with van der Waals surface area (Å²) in [5.74, 6) is -2.30. The molecule has 0 radical (unpaired) electrons. The first-order chi connectivity index (χ1) is 15.9. The van der Waals surface area contributed by atoms with E-state index in [9.17, 15) is 4.79 Å². The molecule has 0 saturated heterocycles. The lowest BCUT2D eigenvalue weighted by molar-refractivity contribution is -0.159. The normalized spacial score (nSPS) is 12.5. The highest BCUT2D eigenvalue weighted by Crippen LogP contribution is 2.29. The van der Waals surface area contributed by atoms with E-state index in [0.29, 0.717) is 18.0 Å². The molecule has 0 bridgehead atoms. The number of carbonyl (C=O) groups excluding carboxylic acids is 1. The number of nitrogens with one attached hydrogen (secondary N) is 1. The zero-order valence-corrected chi connectivity index (χ0v) is 17.8. The molecule has 0 saturated carbocycles. The van der Waals surface area contributed by atoms with Gasteiger partial charge in [0.1, 0.15) is 5.75 Å². The number of hydrogen-bond donors (Lipinski definition) is 3. The van der Waals surface area contributed by atoms with Crippen LogP contribution in [0.3, 0.4) is 0 Å². The number of amides is 1.